The van der Waals surface area contributed by atoms with E-state index in [0.29, 0.717) is 58.8 Å². The van der Waals surface area contributed by atoms with Crippen molar-refractivity contribution in [2.24, 2.45) is 5.92 Å². The first-order chi connectivity index (χ1) is 19.9. The van der Waals surface area contributed by atoms with Crippen LogP contribution >= 0.6 is 22.6 Å². The number of benzene rings is 1. The number of hydrogen-bond acceptors (Lipinski definition) is 9. The molecule has 1 saturated heterocycles. The van der Waals surface area contributed by atoms with Crippen LogP contribution in [0.4, 0.5) is 0 Å². The molecule has 1 aromatic rings. The van der Waals surface area contributed by atoms with Gasteiger partial charge in [0.05, 0.1) is 36.5 Å². The topological polar surface area (TPSA) is 138 Å². The second-order valence-electron chi connectivity index (χ2n) is 10.6. The van der Waals surface area contributed by atoms with Gasteiger partial charge >= 0.3 is 0 Å². The fraction of sp³-hybridized carbons (Fsp3) is 0.621. The van der Waals surface area contributed by atoms with Crippen molar-refractivity contribution in [1.82, 2.24) is 15.1 Å². The fourth-order valence-corrected chi connectivity index (χ4v) is 6.51. The maximum Gasteiger partial charge on any atom is 0.247 e. The molecule has 226 valence electrons. The molecule has 4 rings (SSSR count). The maximum absolute atomic E-state index is 13.9. The molecule has 0 spiro atoms. The third-order valence-corrected chi connectivity index (χ3v) is 8.81. The van der Waals surface area contributed by atoms with E-state index in [4.69, 9.17) is 14.2 Å². The molecule has 3 aliphatic rings. The van der Waals surface area contributed by atoms with Crippen molar-refractivity contribution in [3.8, 4) is 11.5 Å². The number of morpholine rings is 1. The average molecular weight is 686 g/mol. The van der Waals surface area contributed by atoms with Crippen LogP contribution in [0.2, 0.25) is 0 Å². The van der Waals surface area contributed by atoms with E-state index in [1.165, 1.54) is 7.11 Å². The predicted molar refractivity (Wildman–Crippen MR) is 159 cm³/mol. The quantitative estimate of drug-likeness (QED) is 0.220. The summed E-state index contributed by atoms with van der Waals surface area (Å²) >= 11 is 2.04. The number of aliphatic hydroxyl groups excluding tert-OH is 2. The van der Waals surface area contributed by atoms with E-state index < -0.39 is 18.2 Å². The highest BCUT2D eigenvalue weighted by Crippen LogP contribution is 2.37. The van der Waals surface area contributed by atoms with Crippen LogP contribution in [0.3, 0.4) is 0 Å². The number of nitrogens with one attached hydrogen (secondary N) is 1. The zero-order valence-electron chi connectivity index (χ0n) is 23.4. The van der Waals surface area contributed by atoms with E-state index in [-0.39, 0.29) is 37.3 Å². The number of aldehydes is 1. The minimum Gasteiger partial charge on any atom is -0.493 e. The van der Waals surface area contributed by atoms with Gasteiger partial charge in [-0.25, -0.2) is 0 Å². The summed E-state index contributed by atoms with van der Waals surface area (Å²) in [6.45, 7) is 3.72. The van der Waals surface area contributed by atoms with Gasteiger partial charge in [-0.1, -0.05) is 12.8 Å². The van der Waals surface area contributed by atoms with Crippen molar-refractivity contribution in [1.29, 1.82) is 0 Å². The lowest BCUT2D eigenvalue weighted by Gasteiger charge is -2.42. The number of carbonyl (C=O) groups excluding carboxylic acids is 3. The molecule has 1 heterocycles. The smallest absolute Gasteiger partial charge is 0.247 e. The molecule has 1 saturated carbocycles. The summed E-state index contributed by atoms with van der Waals surface area (Å²) in [5.74, 6) is 0.152. The third kappa shape index (κ3) is 7.98. The monoisotopic (exact) mass is 685 g/mol. The van der Waals surface area contributed by atoms with Crippen molar-refractivity contribution in [2.75, 3.05) is 59.7 Å². The van der Waals surface area contributed by atoms with E-state index >= 15 is 0 Å². The number of hydrogen-bond donors (Lipinski definition) is 3. The van der Waals surface area contributed by atoms with Crippen molar-refractivity contribution >= 4 is 40.7 Å². The Morgan fingerprint density at radius 2 is 1.98 bits per heavy atom. The minimum atomic E-state index is -1.13. The number of methoxy groups -OCH3 is 1. The molecule has 0 unspecified atom stereocenters. The summed E-state index contributed by atoms with van der Waals surface area (Å²) in [4.78, 5) is 42.4. The van der Waals surface area contributed by atoms with Gasteiger partial charge in [0, 0.05) is 56.2 Å². The summed E-state index contributed by atoms with van der Waals surface area (Å²) in [5.41, 5.74) is 0.782. The molecule has 41 heavy (non-hydrogen) atoms. The first kappa shape index (κ1) is 31.7. The molecular weight excluding hydrogens is 645 g/mol. The van der Waals surface area contributed by atoms with Crippen molar-refractivity contribution in [2.45, 2.75) is 50.4 Å². The number of rotatable bonds is 12. The molecule has 3 N–H and O–H groups in total. The standard InChI is InChI=1S/C29H40IN3O8/c1-39-25-15-19(18-35)14-22(30)27(25)41-24-17-21(28(37)31-6-11-34)16-23(26(24)36)33(29(38)20-4-2-3-5-20)8-7-32-9-12-40-13-10-32/h14-15,17-18,20,23-24,26,34,36H,2-13,16H2,1H3,(H,31,37)/t23-,24+,26+/m1/s1. The zero-order chi connectivity index (χ0) is 29.4. The molecule has 0 bridgehead atoms. The fourth-order valence-electron chi connectivity index (χ4n) is 5.76. The van der Waals surface area contributed by atoms with Crippen LogP contribution in [0.5, 0.6) is 11.5 Å². The minimum absolute atomic E-state index is 0.00178. The third-order valence-electron chi connectivity index (χ3n) is 8.00. The molecular formula is C29H40IN3O8. The highest BCUT2D eigenvalue weighted by molar-refractivity contribution is 14.1. The van der Waals surface area contributed by atoms with E-state index in [2.05, 4.69) is 10.2 Å². The SMILES string of the molecule is COc1cc(C=O)cc(I)c1O[C@H]1C=C(C(=O)NCCO)C[C@@H](N(CCN2CCOCC2)C(=O)C2CCCC2)[C@@H]1O. The van der Waals surface area contributed by atoms with E-state index in [1.54, 1.807) is 23.1 Å². The van der Waals surface area contributed by atoms with Crippen LogP contribution in [-0.4, -0.2) is 116 Å². The van der Waals surface area contributed by atoms with Gasteiger partial charge in [0.1, 0.15) is 18.5 Å². The average Bonchev–Trinajstić information content (AvgIpc) is 3.54. The Hall–Kier alpha value is -2.26. The van der Waals surface area contributed by atoms with Crippen LogP contribution in [0, 0.1) is 9.49 Å². The molecule has 2 amide bonds. The lowest BCUT2D eigenvalue weighted by molar-refractivity contribution is -0.143. The Morgan fingerprint density at radius 1 is 1.24 bits per heavy atom. The number of amides is 2. The molecule has 11 nitrogen and oxygen atoms in total. The van der Waals surface area contributed by atoms with Crippen molar-refractivity contribution < 1.29 is 38.8 Å². The highest BCUT2D eigenvalue weighted by atomic mass is 127. The molecule has 1 aliphatic heterocycles. The Morgan fingerprint density at radius 3 is 2.63 bits per heavy atom. The Labute approximate surface area is 254 Å². The van der Waals surface area contributed by atoms with Crippen LogP contribution in [0.25, 0.3) is 0 Å². The molecule has 0 radical (unpaired) electrons. The summed E-state index contributed by atoms with van der Waals surface area (Å²) in [6.07, 6.45) is 3.95. The normalized spacial score (nSPS) is 23.5. The van der Waals surface area contributed by atoms with Crippen LogP contribution in [0.15, 0.2) is 23.8 Å². The van der Waals surface area contributed by atoms with E-state index in [1.807, 2.05) is 22.6 Å². The lowest BCUT2D eigenvalue weighted by atomic mass is 9.87. The summed E-state index contributed by atoms with van der Waals surface area (Å²) in [7, 11) is 1.46. The maximum atomic E-state index is 13.9. The van der Waals surface area contributed by atoms with E-state index in [9.17, 15) is 24.6 Å². The highest BCUT2D eigenvalue weighted by Gasteiger charge is 2.42. The first-order valence-corrected chi connectivity index (χ1v) is 15.3. The molecule has 3 atom stereocenters. The second kappa shape index (κ2) is 15.3. The van der Waals surface area contributed by atoms with Gasteiger partial charge in [0.2, 0.25) is 11.8 Å². The summed E-state index contributed by atoms with van der Waals surface area (Å²) in [6, 6.07) is 2.50. The number of halogens is 1. The Balaban J connectivity index is 1.66. The summed E-state index contributed by atoms with van der Waals surface area (Å²) in [5, 5.41) is 23.7. The number of aliphatic hydroxyl groups is 2. The first-order valence-electron chi connectivity index (χ1n) is 14.2. The second-order valence-corrected chi connectivity index (χ2v) is 11.8. The molecule has 0 aromatic heterocycles. The Bertz CT molecular complexity index is 1100. The molecule has 12 heteroatoms. The molecule has 2 fully saturated rings. The van der Waals surface area contributed by atoms with Crippen LogP contribution in [-0.2, 0) is 14.3 Å². The summed E-state index contributed by atoms with van der Waals surface area (Å²) < 4.78 is 17.9. The number of nitrogens with zero attached hydrogens (tertiary/aromatic N) is 2. The number of carbonyl (C=O) groups is 3. The van der Waals surface area contributed by atoms with E-state index in [0.717, 1.165) is 38.8 Å². The lowest BCUT2D eigenvalue weighted by Crippen LogP contribution is -2.57. The van der Waals surface area contributed by atoms with Gasteiger partial charge in [0.25, 0.3) is 0 Å². The van der Waals surface area contributed by atoms with Gasteiger partial charge in [0.15, 0.2) is 11.5 Å². The molecule has 2 aliphatic carbocycles. The predicted octanol–water partition coefficient (Wildman–Crippen LogP) is 1.38. The molecule has 1 aromatic carbocycles. The number of ether oxygens (including phenoxy) is 3. The van der Waals surface area contributed by atoms with Crippen molar-refractivity contribution in [3.63, 3.8) is 0 Å². The van der Waals surface area contributed by atoms with Gasteiger partial charge < -0.3 is 34.6 Å². The largest absolute Gasteiger partial charge is 0.493 e. The van der Waals surface area contributed by atoms with Gasteiger partial charge in [-0.2, -0.15) is 0 Å². The zero-order valence-corrected chi connectivity index (χ0v) is 25.6. The van der Waals surface area contributed by atoms with Gasteiger partial charge in [-0.15, -0.1) is 0 Å². The van der Waals surface area contributed by atoms with Crippen LogP contribution < -0.4 is 14.8 Å². The van der Waals surface area contributed by atoms with Gasteiger partial charge in [-0.3, -0.25) is 19.3 Å². The van der Waals surface area contributed by atoms with Gasteiger partial charge in [-0.05, 0) is 53.6 Å². The van der Waals surface area contributed by atoms with Crippen molar-refractivity contribution in [3.05, 3.63) is 32.9 Å². The van der Waals surface area contributed by atoms with Crippen LogP contribution in [0.1, 0.15) is 42.5 Å². The Kier molecular flexibility index (Phi) is 11.8.